The molecule has 0 fully saturated rings. The normalized spacial score (nSPS) is 11.8. The number of hydrogen-bond acceptors (Lipinski definition) is 5. The monoisotopic (exact) mass is 456 g/mol. The number of anilines is 2. The minimum atomic E-state index is -0.160. The van der Waals surface area contributed by atoms with Crippen LogP contribution in [0.1, 0.15) is 30.1 Å². The molecule has 7 heteroatoms. The van der Waals surface area contributed by atoms with Gasteiger partial charge in [0.2, 0.25) is 0 Å². The molecule has 0 aliphatic carbocycles. The lowest BCUT2D eigenvalue weighted by atomic mass is 10.1. The molecule has 0 bridgehead atoms. The average molecular weight is 457 g/mol. The number of pyridine rings is 1. The molecular weight excluding hydrogens is 432 g/mol. The number of nitrogens with zero attached hydrogens (tertiary/aromatic N) is 1. The SMILES string of the molecule is COc1cc(NC(C)CCCNC(=O)c2cc(Br)ccc2N)c2ncccc2c1. The van der Waals surface area contributed by atoms with Crippen LogP contribution in [-0.2, 0) is 0 Å². The molecule has 0 aliphatic rings. The average Bonchev–Trinajstić information content (AvgIpc) is 2.72. The third-order valence-corrected chi connectivity index (χ3v) is 5.17. The van der Waals surface area contributed by atoms with Crippen LogP contribution in [0.25, 0.3) is 10.9 Å². The van der Waals surface area contributed by atoms with Gasteiger partial charge in [-0.15, -0.1) is 0 Å². The molecule has 4 N–H and O–H groups in total. The van der Waals surface area contributed by atoms with Crippen molar-refractivity contribution in [3.05, 3.63) is 58.7 Å². The molecule has 1 amide bonds. The van der Waals surface area contributed by atoms with Crippen molar-refractivity contribution >= 4 is 44.1 Å². The third-order valence-electron chi connectivity index (χ3n) is 4.68. The van der Waals surface area contributed by atoms with E-state index in [9.17, 15) is 4.79 Å². The number of rotatable bonds is 8. The number of carbonyl (C=O) groups excluding carboxylic acids is 1. The van der Waals surface area contributed by atoms with E-state index in [1.54, 1.807) is 25.4 Å². The van der Waals surface area contributed by atoms with Crippen molar-refractivity contribution in [2.45, 2.75) is 25.8 Å². The van der Waals surface area contributed by atoms with Gasteiger partial charge in [0.15, 0.2) is 0 Å². The molecule has 3 aromatic rings. The van der Waals surface area contributed by atoms with E-state index in [1.807, 2.05) is 30.3 Å². The molecule has 0 spiro atoms. The number of halogens is 1. The Morgan fingerprint density at radius 1 is 1.28 bits per heavy atom. The summed E-state index contributed by atoms with van der Waals surface area (Å²) in [6.45, 7) is 2.69. The van der Waals surface area contributed by atoms with Crippen LogP contribution in [0, 0.1) is 0 Å². The number of nitrogen functional groups attached to an aromatic ring is 1. The van der Waals surface area contributed by atoms with E-state index < -0.39 is 0 Å². The maximum absolute atomic E-state index is 12.3. The van der Waals surface area contributed by atoms with Gasteiger partial charge in [-0.3, -0.25) is 9.78 Å². The highest BCUT2D eigenvalue weighted by Gasteiger charge is 2.11. The Hall–Kier alpha value is -2.80. The fourth-order valence-electron chi connectivity index (χ4n) is 3.16. The fraction of sp³-hybridized carbons (Fsp3) is 0.273. The van der Waals surface area contributed by atoms with Gasteiger partial charge in [-0.2, -0.15) is 0 Å². The summed E-state index contributed by atoms with van der Waals surface area (Å²) < 4.78 is 6.23. The predicted molar refractivity (Wildman–Crippen MR) is 122 cm³/mol. The molecule has 152 valence electrons. The summed E-state index contributed by atoms with van der Waals surface area (Å²) in [7, 11) is 1.66. The molecule has 2 aromatic carbocycles. The van der Waals surface area contributed by atoms with Gasteiger partial charge in [0.1, 0.15) is 5.75 Å². The molecule has 0 radical (unpaired) electrons. The number of fused-ring (bicyclic) bond motifs is 1. The molecule has 1 aromatic heterocycles. The molecule has 1 atom stereocenters. The zero-order valence-corrected chi connectivity index (χ0v) is 18.1. The zero-order valence-electron chi connectivity index (χ0n) is 16.5. The van der Waals surface area contributed by atoms with Crippen LogP contribution >= 0.6 is 15.9 Å². The summed E-state index contributed by atoms with van der Waals surface area (Å²) in [5.41, 5.74) is 8.70. The number of nitrogens with one attached hydrogen (secondary N) is 2. The number of carbonyl (C=O) groups is 1. The van der Waals surface area contributed by atoms with Crippen molar-refractivity contribution in [1.29, 1.82) is 0 Å². The molecule has 0 saturated carbocycles. The van der Waals surface area contributed by atoms with E-state index >= 15 is 0 Å². The Morgan fingerprint density at radius 2 is 2.10 bits per heavy atom. The van der Waals surface area contributed by atoms with E-state index in [0.717, 1.165) is 39.7 Å². The Morgan fingerprint density at radius 3 is 2.90 bits per heavy atom. The van der Waals surface area contributed by atoms with Crippen LogP contribution < -0.4 is 21.1 Å². The van der Waals surface area contributed by atoms with Gasteiger partial charge < -0.3 is 21.1 Å². The quantitative estimate of drug-likeness (QED) is 0.340. The highest BCUT2D eigenvalue weighted by molar-refractivity contribution is 9.10. The van der Waals surface area contributed by atoms with E-state index in [1.165, 1.54) is 0 Å². The lowest BCUT2D eigenvalue weighted by Crippen LogP contribution is -2.26. The van der Waals surface area contributed by atoms with E-state index in [2.05, 4.69) is 38.5 Å². The summed E-state index contributed by atoms with van der Waals surface area (Å²) in [5, 5.41) is 7.48. The summed E-state index contributed by atoms with van der Waals surface area (Å²) in [4.78, 5) is 16.8. The summed E-state index contributed by atoms with van der Waals surface area (Å²) in [6, 6.07) is 13.3. The molecule has 1 unspecified atom stereocenters. The van der Waals surface area contributed by atoms with Crippen LogP contribution in [0.5, 0.6) is 5.75 Å². The van der Waals surface area contributed by atoms with Gasteiger partial charge >= 0.3 is 0 Å². The number of benzene rings is 2. The molecule has 29 heavy (non-hydrogen) atoms. The molecule has 1 heterocycles. The first-order valence-electron chi connectivity index (χ1n) is 9.50. The topological polar surface area (TPSA) is 89.3 Å². The minimum Gasteiger partial charge on any atom is -0.497 e. The summed E-state index contributed by atoms with van der Waals surface area (Å²) >= 11 is 3.37. The number of amides is 1. The van der Waals surface area contributed by atoms with Crippen LogP contribution in [0.4, 0.5) is 11.4 Å². The molecule has 6 nitrogen and oxygen atoms in total. The zero-order chi connectivity index (χ0) is 20.8. The van der Waals surface area contributed by atoms with Crippen molar-refractivity contribution in [3.63, 3.8) is 0 Å². The van der Waals surface area contributed by atoms with Gasteiger partial charge in [-0.1, -0.05) is 22.0 Å². The lowest BCUT2D eigenvalue weighted by Gasteiger charge is -2.17. The van der Waals surface area contributed by atoms with Gasteiger partial charge in [0.05, 0.1) is 23.9 Å². The number of aromatic nitrogens is 1. The molecule has 0 aliphatic heterocycles. The second-order valence-electron chi connectivity index (χ2n) is 6.93. The Balaban J connectivity index is 1.54. The molecule has 3 rings (SSSR count). The lowest BCUT2D eigenvalue weighted by molar-refractivity contribution is 0.0953. The standard InChI is InChI=1S/C22H25BrN4O2/c1-14(5-3-10-26-22(28)18-12-16(23)7-8-19(18)24)27-20-13-17(29-2)11-15-6-4-9-25-21(15)20/h4,6-9,11-14,27H,3,5,10,24H2,1-2H3,(H,26,28). The summed E-state index contributed by atoms with van der Waals surface area (Å²) in [6.07, 6.45) is 3.51. The maximum atomic E-state index is 12.3. The van der Waals surface area contributed by atoms with Crippen LogP contribution in [0.3, 0.4) is 0 Å². The Bertz CT molecular complexity index is 1010. The smallest absolute Gasteiger partial charge is 0.253 e. The first-order chi connectivity index (χ1) is 14.0. The minimum absolute atomic E-state index is 0.160. The maximum Gasteiger partial charge on any atom is 0.253 e. The van der Waals surface area contributed by atoms with Gasteiger partial charge in [0, 0.05) is 40.4 Å². The van der Waals surface area contributed by atoms with Gasteiger partial charge in [-0.05, 0) is 50.1 Å². The van der Waals surface area contributed by atoms with E-state index in [0.29, 0.717) is 17.8 Å². The highest BCUT2D eigenvalue weighted by atomic mass is 79.9. The largest absolute Gasteiger partial charge is 0.497 e. The highest BCUT2D eigenvalue weighted by Crippen LogP contribution is 2.28. The first kappa shape index (κ1) is 20.9. The number of hydrogen-bond donors (Lipinski definition) is 3. The van der Waals surface area contributed by atoms with Crippen LogP contribution in [0.15, 0.2) is 53.1 Å². The van der Waals surface area contributed by atoms with Crippen molar-refractivity contribution in [3.8, 4) is 5.75 Å². The van der Waals surface area contributed by atoms with Crippen LogP contribution in [-0.4, -0.2) is 30.6 Å². The summed E-state index contributed by atoms with van der Waals surface area (Å²) in [5.74, 6) is 0.631. The van der Waals surface area contributed by atoms with Crippen molar-refractivity contribution in [2.75, 3.05) is 24.7 Å². The number of ether oxygens (including phenoxy) is 1. The second kappa shape index (κ2) is 9.60. The fourth-order valence-corrected chi connectivity index (χ4v) is 3.52. The van der Waals surface area contributed by atoms with Crippen LogP contribution in [0.2, 0.25) is 0 Å². The predicted octanol–water partition coefficient (Wildman–Crippen LogP) is 4.60. The van der Waals surface area contributed by atoms with E-state index in [4.69, 9.17) is 10.5 Å². The van der Waals surface area contributed by atoms with Crippen molar-refractivity contribution in [1.82, 2.24) is 10.3 Å². The number of nitrogens with two attached hydrogens (primary N) is 1. The van der Waals surface area contributed by atoms with Crippen molar-refractivity contribution in [2.24, 2.45) is 0 Å². The van der Waals surface area contributed by atoms with Gasteiger partial charge in [-0.25, -0.2) is 0 Å². The van der Waals surface area contributed by atoms with E-state index in [-0.39, 0.29) is 11.9 Å². The Kier molecular flexibility index (Phi) is 6.93. The second-order valence-corrected chi connectivity index (χ2v) is 7.84. The van der Waals surface area contributed by atoms with Gasteiger partial charge in [0.25, 0.3) is 5.91 Å². The number of methoxy groups -OCH3 is 1. The van der Waals surface area contributed by atoms with Crippen molar-refractivity contribution < 1.29 is 9.53 Å². The molecular formula is C22H25BrN4O2. The Labute approximate surface area is 179 Å². The molecule has 0 saturated heterocycles. The third kappa shape index (κ3) is 5.38. The first-order valence-corrected chi connectivity index (χ1v) is 10.3.